The molecular formula is C14H15F3N2. The fraction of sp³-hybridized carbons (Fsp3) is 0.500. The van der Waals surface area contributed by atoms with Gasteiger partial charge >= 0.3 is 6.18 Å². The van der Waals surface area contributed by atoms with Crippen LogP contribution in [0, 0.1) is 0 Å². The van der Waals surface area contributed by atoms with E-state index in [2.05, 4.69) is 4.98 Å². The van der Waals surface area contributed by atoms with E-state index < -0.39 is 11.7 Å². The van der Waals surface area contributed by atoms with Gasteiger partial charge in [-0.25, -0.2) is 4.98 Å². The van der Waals surface area contributed by atoms with Crippen LogP contribution >= 0.6 is 0 Å². The Morgan fingerprint density at radius 2 is 1.79 bits per heavy atom. The number of rotatable bonds is 1. The van der Waals surface area contributed by atoms with Gasteiger partial charge in [-0.3, -0.25) is 0 Å². The molecule has 1 aliphatic rings. The zero-order valence-electron chi connectivity index (χ0n) is 10.5. The Hall–Kier alpha value is -1.52. The summed E-state index contributed by atoms with van der Waals surface area (Å²) in [6.45, 7) is 0. The number of hydrogen-bond donors (Lipinski definition) is 0. The second-order valence-electron chi connectivity index (χ2n) is 5.18. The van der Waals surface area contributed by atoms with Crippen LogP contribution in [0.5, 0.6) is 0 Å². The van der Waals surface area contributed by atoms with Gasteiger partial charge in [-0.05, 0) is 25.0 Å². The van der Waals surface area contributed by atoms with E-state index in [0.717, 1.165) is 30.8 Å². The van der Waals surface area contributed by atoms with Crippen molar-refractivity contribution in [3.63, 3.8) is 0 Å². The molecule has 0 atom stereocenters. The summed E-state index contributed by atoms with van der Waals surface area (Å²) in [5.41, 5.74) is 0.889. The zero-order chi connectivity index (χ0) is 13.5. The molecule has 2 aromatic heterocycles. The predicted molar refractivity (Wildman–Crippen MR) is 66.0 cm³/mol. The Morgan fingerprint density at radius 1 is 1.05 bits per heavy atom. The highest BCUT2D eigenvalue weighted by Crippen LogP contribution is 2.33. The molecule has 0 unspecified atom stereocenters. The van der Waals surface area contributed by atoms with E-state index in [0.29, 0.717) is 11.6 Å². The van der Waals surface area contributed by atoms with Gasteiger partial charge in [0.25, 0.3) is 0 Å². The monoisotopic (exact) mass is 268 g/mol. The lowest BCUT2D eigenvalue weighted by molar-refractivity contribution is -0.137. The van der Waals surface area contributed by atoms with Crippen molar-refractivity contribution >= 4 is 5.65 Å². The number of halogens is 3. The quantitative estimate of drug-likeness (QED) is 0.749. The minimum absolute atomic E-state index is 0.406. The summed E-state index contributed by atoms with van der Waals surface area (Å²) < 4.78 is 39.4. The van der Waals surface area contributed by atoms with Crippen LogP contribution in [0.3, 0.4) is 0 Å². The average Bonchev–Trinajstić information content (AvgIpc) is 2.81. The van der Waals surface area contributed by atoms with Crippen molar-refractivity contribution in [2.24, 2.45) is 0 Å². The molecule has 0 aliphatic heterocycles. The molecule has 0 bridgehead atoms. The molecule has 2 heterocycles. The molecule has 0 aromatic carbocycles. The minimum atomic E-state index is -4.30. The topological polar surface area (TPSA) is 17.3 Å². The summed E-state index contributed by atoms with van der Waals surface area (Å²) in [5, 5.41) is 0. The van der Waals surface area contributed by atoms with Crippen molar-refractivity contribution in [3.05, 3.63) is 35.8 Å². The molecule has 1 saturated carbocycles. The molecular weight excluding hydrogens is 253 g/mol. The molecule has 5 heteroatoms. The largest absolute Gasteiger partial charge is 0.417 e. The fourth-order valence-electron chi connectivity index (χ4n) is 2.77. The van der Waals surface area contributed by atoms with Crippen molar-refractivity contribution in [1.29, 1.82) is 0 Å². The number of hydrogen-bond acceptors (Lipinski definition) is 1. The van der Waals surface area contributed by atoms with E-state index in [-0.39, 0.29) is 0 Å². The third kappa shape index (κ3) is 2.46. The Labute approximate surface area is 109 Å². The van der Waals surface area contributed by atoms with Crippen molar-refractivity contribution in [3.8, 4) is 0 Å². The van der Waals surface area contributed by atoms with Crippen LogP contribution in [0.4, 0.5) is 13.2 Å². The van der Waals surface area contributed by atoms with E-state index in [1.54, 1.807) is 6.20 Å². The second kappa shape index (κ2) is 4.54. The number of imidazole rings is 1. The number of nitrogens with zero attached hydrogens (tertiary/aromatic N) is 2. The van der Waals surface area contributed by atoms with Gasteiger partial charge < -0.3 is 4.40 Å². The van der Waals surface area contributed by atoms with Crippen molar-refractivity contribution < 1.29 is 13.2 Å². The molecule has 0 saturated heterocycles. The second-order valence-corrected chi connectivity index (χ2v) is 5.18. The Kier molecular flexibility index (Phi) is 2.99. The maximum atomic E-state index is 12.6. The first kappa shape index (κ1) is 12.5. The first-order valence-electron chi connectivity index (χ1n) is 6.60. The summed E-state index contributed by atoms with van der Waals surface area (Å²) in [7, 11) is 0. The molecule has 0 radical (unpaired) electrons. The van der Waals surface area contributed by atoms with Gasteiger partial charge in [0, 0.05) is 18.3 Å². The molecule has 2 aromatic rings. The van der Waals surface area contributed by atoms with Crippen LogP contribution in [-0.2, 0) is 6.18 Å². The lowest BCUT2D eigenvalue weighted by Crippen LogP contribution is -2.05. The van der Waals surface area contributed by atoms with Crippen molar-refractivity contribution in [1.82, 2.24) is 9.38 Å². The van der Waals surface area contributed by atoms with E-state index in [1.807, 2.05) is 0 Å². The first-order chi connectivity index (χ1) is 9.04. The zero-order valence-corrected chi connectivity index (χ0v) is 10.5. The Morgan fingerprint density at radius 3 is 2.47 bits per heavy atom. The van der Waals surface area contributed by atoms with Gasteiger partial charge in [0.1, 0.15) is 5.65 Å². The third-order valence-electron chi connectivity index (χ3n) is 3.82. The van der Waals surface area contributed by atoms with Gasteiger partial charge in [0.05, 0.1) is 11.3 Å². The summed E-state index contributed by atoms with van der Waals surface area (Å²) in [6, 6.07) is 2.53. The van der Waals surface area contributed by atoms with Gasteiger partial charge in [-0.2, -0.15) is 13.2 Å². The molecule has 19 heavy (non-hydrogen) atoms. The molecule has 1 aliphatic carbocycles. The summed E-state index contributed by atoms with van der Waals surface area (Å²) in [4.78, 5) is 4.46. The SMILES string of the molecule is FC(F)(F)c1ccc2nc(C3CCCCC3)cn2c1. The molecule has 0 N–H and O–H groups in total. The van der Waals surface area contributed by atoms with Crippen LogP contribution in [0.25, 0.3) is 5.65 Å². The number of aromatic nitrogens is 2. The predicted octanol–water partition coefficient (Wildman–Crippen LogP) is 4.40. The van der Waals surface area contributed by atoms with Crippen LogP contribution in [0.1, 0.15) is 49.3 Å². The van der Waals surface area contributed by atoms with E-state index in [4.69, 9.17) is 0 Å². The normalized spacial score (nSPS) is 18.1. The van der Waals surface area contributed by atoms with Gasteiger partial charge in [0.2, 0.25) is 0 Å². The lowest BCUT2D eigenvalue weighted by Gasteiger charge is -2.19. The highest BCUT2D eigenvalue weighted by molar-refractivity contribution is 5.42. The average molecular weight is 268 g/mol. The van der Waals surface area contributed by atoms with Crippen LogP contribution in [0.15, 0.2) is 24.5 Å². The molecule has 2 nitrogen and oxygen atoms in total. The highest BCUT2D eigenvalue weighted by Gasteiger charge is 2.31. The van der Waals surface area contributed by atoms with Gasteiger partial charge in [0.15, 0.2) is 0 Å². The smallest absolute Gasteiger partial charge is 0.306 e. The molecule has 102 valence electrons. The summed E-state index contributed by atoms with van der Waals surface area (Å²) >= 11 is 0. The van der Waals surface area contributed by atoms with E-state index >= 15 is 0 Å². The maximum absolute atomic E-state index is 12.6. The highest BCUT2D eigenvalue weighted by atomic mass is 19.4. The molecule has 1 fully saturated rings. The summed E-state index contributed by atoms with van der Waals surface area (Å²) in [6.07, 6.45) is 4.38. The van der Waals surface area contributed by atoms with Gasteiger partial charge in [-0.1, -0.05) is 19.3 Å². The standard InChI is InChI=1S/C14H15F3N2/c15-14(16,17)11-6-7-13-18-12(9-19(13)8-11)10-4-2-1-3-5-10/h6-10H,1-5H2. The fourth-order valence-corrected chi connectivity index (χ4v) is 2.77. The maximum Gasteiger partial charge on any atom is 0.417 e. The molecule has 0 spiro atoms. The van der Waals surface area contributed by atoms with Crippen molar-refractivity contribution in [2.45, 2.75) is 44.2 Å². The van der Waals surface area contributed by atoms with E-state index in [1.165, 1.54) is 29.7 Å². The van der Waals surface area contributed by atoms with Crippen molar-refractivity contribution in [2.75, 3.05) is 0 Å². The molecule has 0 amide bonds. The Balaban J connectivity index is 1.96. The molecule has 3 rings (SSSR count). The van der Waals surface area contributed by atoms with Crippen LogP contribution < -0.4 is 0 Å². The van der Waals surface area contributed by atoms with Crippen LogP contribution in [0.2, 0.25) is 0 Å². The number of pyridine rings is 1. The summed E-state index contributed by atoms with van der Waals surface area (Å²) in [5.74, 6) is 0.406. The van der Waals surface area contributed by atoms with E-state index in [9.17, 15) is 13.2 Å². The lowest BCUT2D eigenvalue weighted by atomic mass is 9.87. The minimum Gasteiger partial charge on any atom is -0.306 e. The Bertz CT molecular complexity index is 580. The first-order valence-corrected chi connectivity index (χ1v) is 6.60. The van der Waals surface area contributed by atoms with Gasteiger partial charge in [-0.15, -0.1) is 0 Å². The number of alkyl halides is 3. The number of fused-ring (bicyclic) bond motifs is 1. The van der Waals surface area contributed by atoms with Crippen LogP contribution in [-0.4, -0.2) is 9.38 Å². The third-order valence-corrected chi connectivity index (χ3v) is 3.82.